The highest BCUT2D eigenvalue weighted by molar-refractivity contribution is 9.10. The maximum Gasteiger partial charge on any atom is 0.228 e. The molecular formula is C14H12BrN3O. The maximum absolute atomic E-state index is 5.70. The highest BCUT2D eigenvalue weighted by Crippen LogP contribution is 2.31. The van der Waals surface area contributed by atoms with Crippen LogP contribution >= 0.6 is 15.9 Å². The number of rotatable bonds is 2. The third kappa shape index (κ3) is 2.21. The first-order valence-corrected chi connectivity index (χ1v) is 6.63. The van der Waals surface area contributed by atoms with Gasteiger partial charge in [-0.3, -0.25) is 0 Å². The van der Waals surface area contributed by atoms with Gasteiger partial charge < -0.3 is 9.32 Å². The quantitative estimate of drug-likeness (QED) is 0.722. The van der Waals surface area contributed by atoms with Crippen LogP contribution in [0.25, 0.3) is 22.7 Å². The average Bonchev–Trinajstić information content (AvgIpc) is 2.81. The van der Waals surface area contributed by atoms with Gasteiger partial charge in [0.05, 0.1) is 5.69 Å². The van der Waals surface area contributed by atoms with E-state index in [0.717, 1.165) is 15.7 Å². The maximum atomic E-state index is 5.70. The minimum Gasteiger partial charge on any atom is -0.434 e. The second kappa shape index (κ2) is 4.66. The summed E-state index contributed by atoms with van der Waals surface area (Å²) in [7, 11) is 4.01. The first kappa shape index (κ1) is 12.2. The van der Waals surface area contributed by atoms with Gasteiger partial charge in [0.1, 0.15) is 0 Å². The topological polar surface area (TPSA) is 42.2 Å². The number of halogens is 1. The number of hydrogen-bond acceptors (Lipinski definition) is 4. The van der Waals surface area contributed by atoms with Gasteiger partial charge in [0.15, 0.2) is 11.2 Å². The van der Waals surface area contributed by atoms with Crippen molar-refractivity contribution in [2.24, 2.45) is 0 Å². The van der Waals surface area contributed by atoms with Crippen molar-refractivity contribution in [3.63, 3.8) is 0 Å². The molecule has 0 radical (unpaired) electrons. The molecule has 0 amide bonds. The fraction of sp³-hybridized carbons (Fsp3) is 0.143. The number of fused-ring (bicyclic) bond motifs is 1. The van der Waals surface area contributed by atoms with Crippen molar-refractivity contribution in [3.8, 4) is 11.5 Å². The first-order chi connectivity index (χ1) is 9.15. The Morgan fingerprint density at radius 3 is 2.74 bits per heavy atom. The summed E-state index contributed by atoms with van der Waals surface area (Å²) in [5.41, 5.74) is 3.36. The SMILES string of the molecule is CN(C)c1ccc(-c2nc3ncccc3o2)cc1Br. The number of oxazole rings is 1. The summed E-state index contributed by atoms with van der Waals surface area (Å²) in [6.07, 6.45) is 1.71. The normalized spacial score (nSPS) is 10.9. The van der Waals surface area contributed by atoms with Crippen molar-refractivity contribution in [3.05, 3.63) is 41.0 Å². The van der Waals surface area contributed by atoms with Gasteiger partial charge >= 0.3 is 0 Å². The zero-order valence-corrected chi connectivity index (χ0v) is 12.2. The van der Waals surface area contributed by atoms with Gasteiger partial charge in [-0.1, -0.05) is 0 Å². The smallest absolute Gasteiger partial charge is 0.228 e. The van der Waals surface area contributed by atoms with E-state index in [1.165, 1.54) is 0 Å². The van der Waals surface area contributed by atoms with Crippen LogP contribution in [0.2, 0.25) is 0 Å². The molecule has 1 aromatic carbocycles. The Kier molecular flexibility index (Phi) is 2.98. The predicted molar refractivity (Wildman–Crippen MR) is 79.3 cm³/mol. The molecule has 3 rings (SSSR count). The molecular weight excluding hydrogens is 306 g/mol. The molecule has 0 spiro atoms. The van der Waals surface area contributed by atoms with E-state index in [9.17, 15) is 0 Å². The molecule has 4 nitrogen and oxygen atoms in total. The van der Waals surface area contributed by atoms with E-state index >= 15 is 0 Å². The summed E-state index contributed by atoms with van der Waals surface area (Å²) in [5, 5.41) is 0. The summed E-state index contributed by atoms with van der Waals surface area (Å²) in [6.45, 7) is 0. The molecule has 0 unspecified atom stereocenters. The van der Waals surface area contributed by atoms with Gasteiger partial charge in [-0.2, -0.15) is 4.98 Å². The molecule has 2 aromatic heterocycles. The lowest BCUT2D eigenvalue weighted by atomic mass is 10.2. The lowest BCUT2D eigenvalue weighted by Gasteiger charge is -2.14. The predicted octanol–water partition coefficient (Wildman–Crippen LogP) is 3.72. The van der Waals surface area contributed by atoms with E-state index in [2.05, 4.69) is 25.9 Å². The molecule has 0 atom stereocenters. The average molecular weight is 318 g/mol. The molecule has 5 heteroatoms. The summed E-state index contributed by atoms with van der Waals surface area (Å²) < 4.78 is 6.71. The standard InChI is InChI=1S/C14H12BrN3O/c1-18(2)11-6-5-9(8-10(11)15)14-17-13-12(19-14)4-3-7-16-13/h3-8H,1-2H3. The molecule has 96 valence electrons. The molecule has 2 heterocycles. The second-order valence-electron chi connectivity index (χ2n) is 4.40. The number of anilines is 1. The van der Waals surface area contributed by atoms with Crippen molar-refractivity contribution in [1.29, 1.82) is 0 Å². The van der Waals surface area contributed by atoms with E-state index in [4.69, 9.17) is 4.42 Å². The molecule has 19 heavy (non-hydrogen) atoms. The number of benzene rings is 1. The summed E-state index contributed by atoms with van der Waals surface area (Å²) in [4.78, 5) is 10.6. The summed E-state index contributed by atoms with van der Waals surface area (Å²) >= 11 is 3.56. The van der Waals surface area contributed by atoms with Crippen LogP contribution in [0.5, 0.6) is 0 Å². The third-order valence-electron chi connectivity index (χ3n) is 2.84. The Morgan fingerprint density at radius 1 is 1.21 bits per heavy atom. The van der Waals surface area contributed by atoms with Crippen LogP contribution in [0.15, 0.2) is 45.4 Å². The van der Waals surface area contributed by atoms with E-state index in [-0.39, 0.29) is 0 Å². The zero-order chi connectivity index (χ0) is 13.4. The Hall–Kier alpha value is -1.88. The molecule has 0 bridgehead atoms. The zero-order valence-electron chi connectivity index (χ0n) is 10.6. The first-order valence-electron chi connectivity index (χ1n) is 5.84. The minimum absolute atomic E-state index is 0.583. The Labute approximate surface area is 119 Å². The van der Waals surface area contributed by atoms with Crippen LogP contribution in [0.3, 0.4) is 0 Å². The highest BCUT2D eigenvalue weighted by atomic mass is 79.9. The number of aromatic nitrogens is 2. The molecule has 0 N–H and O–H groups in total. The van der Waals surface area contributed by atoms with Crippen LogP contribution in [0, 0.1) is 0 Å². The lowest BCUT2D eigenvalue weighted by molar-refractivity contribution is 0.619. The van der Waals surface area contributed by atoms with Crippen LogP contribution in [-0.2, 0) is 0 Å². The van der Waals surface area contributed by atoms with Crippen LogP contribution in [-0.4, -0.2) is 24.1 Å². The Balaban J connectivity index is 2.09. The fourth-order valence-electron chi connectivity index (χ4n) is 1.90. The highest BCUT2D eigenvalue weighted by Gasteiger charge is 2.11. The number of pyridine rings is 1. The fourth-order valence-corrected chi connectivity index (χ4v) is 2.63. The molecule has 0 fully saturated rings. The van der Waals surface area contributed by atoms with Crippen LogP contribution < -0.4 is 4.90 Å². The Bertz CT molecular complexity index is 703. The molecule has 0 aliphatic carbocycles. The van der Waals surface area contributed by atoms with Gasteiger partial charge in [0.25, 0.3) is 0 Å². The molecule has 0 aliphatic rings. The molecule has 0 saturated carbocycles. The monoisotopic (exact) mass is 317 g/mol. The number of nitrogens with zero attached hydrogens (tertiary/aromatic N) is 3. The third-order valence-corrected chi connectivity index (χ3v) is 3.48. The molecule has 3 aromatic rings. The lowest BCUT2D eigenvalue weighted by Crippen LogP contribution is -2.09. The van der Waals surface area contributed by atoms with Crippen molar-refractivity contribution < 1.29 is 4.42 Å². The largest absolute Gasteiger partial charge is 0.434 e. The van der Waals surface area contributed by atoms with E-state index in [0.29, 0.717) is 17.1 Å². The number of hydrogen-bond donors (Lipinski definition) is 0. The van der Waals surface area contributed by atoms with E-state index in [1.807, 2.05) is 49.3 Å². The van der Waals surface area contributed by atoms with Gasteiger partial charge in [-0.05, 0) is 46.3 Å². The van der Waals surface area contributed by atoms with Crippen molar-refractivity contribution in [1.82, 2.24) is 9.97 Å². The van der Waals surface area contributed by atoms with E-state index < -0.39 is 0 Å². The second-order valence-corrected chi connectivity index (χ2v) is 5.26. The van der Waals surface area contributed by atoms with Gasteiger partial charge in [-0.15, -0.1) is 0 Å². The summed E-state index contributed by atoms with van der Waals surface area (Å²) in [6, 6.07) is 9.72. The van der Waals surface area contributed by atoms with Crippen LogP contribution in [0.1, 0.15) is 0 Å². The van der Waals surface area contributed by atoms with Gasteiger partial charge in [0, 0.05) is 30.3 Å². The summed E-state index contributed by atoms with van der Waals surface area (Å²) in [5.74, 6) is 0.583. The molecule has 0 saturated heterocycles. The minimum atomic E-state index is 0.583. The van der Waals surface area contributed by atoms with E-state index in [1.54, 1.807) is 6.20 Å². The van der Waals surface area contributed by atoms with Crippen molar-refractivity contribution in [2.45, 2.75) is 0 Å². The van der Waals surface area contributed by atoms with Crippen molar-refractivity contribution in [2.75, 3.05) is 19.0 Å². The van der Waals surface area contributed by atoms with Crippen LogP contribution in [0.4, 0.5) is 5.69 Å². The Morgan fingerprint density at radius 2 is 2.05 bits per heavy atom. The molecule has 0 aliphatic heterocycles. The van der Waals surface area contributed by atoms with Gasteiger partial charge in [-0.25, -0.2) is 4.98 Å². The van der Waals surface area contributed by atoms with Gasteiger partial charge in [0.2, 0.25) is 5.89 Å². The van der Waals surface area contributed by atoms with Crippen molar-refractivity contribution >= 4 is 32.8 Å².